The minimum absolute atomic E-state index is 0.00336. The summed E-state index contributed by atoms with van der Waals surface area (Å²) in [7, 11) is 0. The molecule has 3 rings (SSSR count). The quantitative estimate of drug-likeness (QED) is 0.638. The van der Waals surface area contributed by atoms with Crippen molar-refractivity contribution in [1.82, 2.24) is 28.5 Å². The van der Waals surface area contributed by atoms with Gasteiger partial charge in [0, 0.05) is 26.2 Å². The van der Waals surface area contributed by atoms with E-state index in [0.717, 1.165) is 21.5 Å². The van der Waals surface area contributed by atoms with Crippen molar-refractivity contribution in [3.8, 4) is 11.4 Å². The normalized spacial score (nSPS) is 12.1. The molecule has 0 aliphatic carbocycles. The summed E-state index contributed by atoms with van der Waals surface area (Å²) < 4.78 is 41.8. The Morgan fingerprint density at radius 3 is 2.41 bits per heavy atom. The molecule has 9 nitrogen and oxygen atoms in total. The zero-order valence-electron chi connectivity index (χ0n) is 16.0. The number of imidazole rings is 1. The van der Waals surface area contributed by atoms with Crippen LogP contribution in [-0.2, 0) is 19.6 Å². The van der Waals surface area contributed by atoms with Gasteiger partial charge >= 0.3 is 11.9 Å². The first kappa shape index (κ1) is 20.6. The molecule has 0 aliphatic rings. The van der Waals surface area contributed by atoms with Crippen LogP contribution in [0.3, 0.4) is 0 Å². The lowest BCUT2D eigenvalue weighted by molar-refractivity contribution is -0.142. The lowest BCUT2D eigenvalue weighted by atomic mass is 10.3. The molecule has 3 aromatic rings. The highest BCUT2D eigenvalue weighted by Gasteiger charge is 2.29. The molecule has 3 heterocycles. The third kappa shape index (κ3) is 3.61. The van der Waals surface area contributed by atoms with Gasteiger partial charge in [-0.25, -0.2) is 9.78 Å². The minimum Gasteiger partial charge on any atom is -0.276 e. The van der Waals surface area contributed by atoms with Gasteiger partial charge in [-0.05, 0) is 13.3 Å². The number of halogens is 3. The lowest BCUT2D eigenvalue weighted by Gasteiger charge is -2.09. The van der Waals surface area contributed by atoms with Gasteiger partial charge in [-0.1, -0.05) is 6.92 Å². The topological polar surface area (TPSA) is 96.7 Å². The van der Waals surface area contributed by atoms with Gasteiger partial charge in [0.1, 0.15) is 6.54 Å². The first-order chi connectivity index (χ1) is 13.6. The van der Waals surface area contributed by atoms with Crippen LogP contribution in [0.5, 0.6) is 0 Å². The summed E-state index contributed by atoms with van der Waals surface area (Å²) in [4.78, 5) is 42.2. The number of hydrogen-bond acceptors (Lipinski definition) is 5. The van der Waals surface area contributed by atoms with Crippen LogP contribution in [0.25, 0.3) is 22.6 Å². The van der Waals surface area contributed by atoms with Crippen molar-refractivity contribution in [2.75, 3.05) is 0 Å². The molecular weight excluding hydrogens is 393 g/mol. The standard InChI is InChI=1S/C17H19F3N6O3/c1-4-6-25-15(28)12-14(24(5-2)16(25)29)22-13(26(12)10(3)27)11-7-21-23(8-11)9-17(18,19)20/h7-8H,4-6,9H2,1-3H3. The number of aromatic nitrogens is 6. The van der Waals surface area contributed by atoms with E-state index in [9.17, 15) is 27.6 Å². The summed E-state index contributed by atoms with van der Waals surface area (Å²) in [5.41, 5.74) is -1.20. The fourth-order valence-electron chi connectivity index (χ4n) is 3.19. The van der Waals surface area contributed by atoms with E-state index in [4.69, 9.17) is 0 Å². The molecule has 0 saturated carbocycles. The number of carbonyl (C=O) groups is 1. The van der Waals surface area contributed by atoms with Crippen molar-refractivity contribution >= 4 is 17.1 Å². The fourth-order valence-corrected chi connectivity index (χ4v) is 3.19. The van der Waals surface area contributed by atoms with Crippen molar-refractivity contribution in [2.24, 2.45) is 0 Å². The molecule has 12 heteroatoms. The van der Waals surface area contributed by atoms with Gasteiger partial charge in [0.2, 0.25) is 5.91 Å². The van der Waals surface area contributed by atoms with E-state index in [1.54, 1.807) is 13.8 Å². The molecule has 29 heavy (non-hydrogen) atoms. The van der Waals surface area contributed by atoms with Gasteiger partial charge in [0.05, 0.1) is 11.8 Å². The molecule has 0 atom stereocenters. The Labute approximate surface area is 162 Å². The number of aryl methyl sites for hydroxylation is 1. The molecular formula is C17H19F3N6O3. The zero-order chi connectivity index (χ0) is 21.5. The molecule has 156 valence electrons. The van der Waals surface area contributed by atoms with Crippen molar-refractivity contribution in [2.45, 2.75) is 53.0 Å². The van der Waals surface area contributed by atoms with Crippen LogP contribution >= 0.6 is 0 Å². The molecule has 0 saturated heterocycles. The van der Waals surface area contributed by atoms with Gasteiger partial charge in [0.15, 0.2) is 17.0 Å². The predicted molar refractivity (Wildman–Crippen MR) is 97.8 cm³/mol. The Bertz CT molecular complexity index is 1200. The monoisotopic (exact) mass is 412 g/mol. The summed E-state index contributed by atoms with van der Waals surface area (Å²) >= 11 is 0. The highest BCUT2D eigenvalue weighted by Crippen LogP contribution is 2.24. The SMILES string of the molecule is CCCn1c(=O)c2c(nc(-c3cnn(CC(F)(F)F)c3)n2C(C)=O)n(CC)c1=O. The molecule has 0 unspecified atom stereocenters. The van der Waals surface area contributed by atoms with Gasteiger partial charge in [-0.2, -0.15) is 18.3 Å². The number of alkyl halides is 3. The van der Waals surface area contributed by atoms with Gasteiger partial charge < -0.3 is 0 Å². The van der Waals surface area contributed by atoms with Crippen LogP contribution in [-0.4, -0.2) is 40.5 Å². The number of fused-ring (bicyclic) bond motifs is 1. The van der Waals surface area contributed by atoms with Crippen molar-refractivity contribution in [3.05, 3.63) is 33.2 Å². The Hall–Kier alpha value is -3.18. The molecule has 0 aromatic carbocycles. The smallest absolute Gasteiger partial charge is 0.276 e. The molecule has 0 aliphatic heterocycles. The summed E-state index contributed by atoms with van der Waals surface area (Å²) in [6.07, 6.45) is -1.73. The van der Waals surface area contributed by atoms with E-state index in [1.807, 2.05) is 0 Å². The van der Waals surface area contributed by atoms with Gasteiger partial charge in [-0.3, -0.25) is 28.0 Å². The molecule has 0 fully saturated rings. The maximum Gasteiger partial charge on any atom is 0.408 e. The number of hydrogen-bond donors (Lipinski definition) is 0. The third-order valence-electron chi connectivity index (χ3n) is 4.34. The Balaban J connectivity index is 2.34. The van der Waals surface area contributed by atoms with Crippen LogP contribution in [0.15, 0.2) is 22.0 Å². The van der Waals surface area contributed by atoms with Crippen LogP contribution in [0.1, 0.15) is 32.0 Å². The van der Waals surface area contributed by atoms with E-state index >= 15 is 0 Å². The summed E-state index contributed by atoms with van der Waals surface area (Å²) in [5, 5.41) is 3.66. The van der Waals surface area contributed by atoms with E-state index in [1.165, 1.54) is 11.5 Å². The minimum atomic E-state index is -4.47. The Kier molecular flexibility index (Phi) is 5.20. The van der Waals surface area contributed by atoms with Crippen molar-refractivity contribution in [1.29, 1.82) is 0 Å². The molecule has 0 radical (unpaired) electrons. The van der Waals surface area contributed by atoms with Crippen LogP contribution in [0, 0.1) is 0 Å². The molecule has 3 aromatic heterocycles. The highest BCUT2D eigenvalue weighted by molar-refractivity contribution is 5.92. The lowest BCUT2D eigenvalue weighted by Crippen LogP contribution is -2.40. The van der Waals surface area contributed by atoms with Crippen LogP contribution < -0.4 is 11.2 Å². The maximum atomic E-state index is 12.9. The summed E-state index contributed by atoms with van der Waals surface area (Å²) in [5.74, 6) is -0.610. The van der Waals surface area contributed by atoms with Gasteiger partial charge in [0.25, 0.3) is 5.56 Å². The maximum absolute atomic E-state index is 12.9. The Morgan fingerprint density at radius 2 is 1.86 bits per heavy atom. The molecule has 0 amide bonds. The first-order valence-electron chi connectivity index (χ1n) is 8.95. The second kappa shape index (κ2) is 7.33. The highest BCUT2D eigenvalue weighted by atomic mass is 19.4. The van der Waals surface area contributed by atoms with Crippen LogP contribution in [0.4, 0.5) is 13.2 Å². The zero-order valence-corrected chi connectivity index (χ0v) is 16.0. The number of carbonyl (C=O) groups excluding carboxylic acids is 1. The van der Waals surface area contributed by atoms with E-state index in [0.29, 0.717) is 11.1 Å². The number of nitrogens with zero attached hydrogens (tertiary/aromatic N) is 6. The van der Waals surface area contributed by atoms with E-state index < -0.39 is 29.9 Å². The fraction of sp³-hybridized carbons (Fsp3) is 0.471. The average molecular weight is 412 g/mol. The molecule has 0 bridgehead atoms. The average Bonchev–Trinajstić information content (AvgIpc) is 3.22. The van der Waals surface area contributed by atoms with E-state index in [-0.39, 0.29) is 35.6 Å². The third-order valence-corrected chi connectivity index (χ3v) is 4.34. The second-order valence-electron chi connectivity index (χ2n) is 6.49. The van der Waals surface area contributed by atoms with Crippen LogP contribution in [0.2, 0.25) is 0 Å². The van der Waals surface area contributed by atoms with Crippen molar-refractivity contribution < 1.29 is 18.0 Å². The van der Waals surface area contributed by atoms with Crippen molar-refractivity contribution in [3.63, 3.8) is 0 Å². The molecule has 0 N–H and O–H groups in total. The largest absolute Gasteiger partial charge is 0.408 e. The number of rotatable bonds is 5. The first-order valence-corrected chi connectivity index (χ1v) is 8.95. The summed E-state index contributed by atoms with van der Waals surface area (Å²) in [6.45, 7) is 3.74. The predicted octanol–water partition coefficient (Wildman–Crippen LogP) is 1.88. The van der Waals surface area contributed by atoms with E-state index in [2.05, 4.69) is 10.1 Å². The molecule has 0 spiro atoms. The van der Waals surface area contributed by atoms with Gasteiger partial charge in [-0.15, -0.1) is 0 Å². The Morgan fingerprint density at radius 1 is 1.17 bits per heavy atom. The summed E-state index contributed by atoms with van der Waals surface area (Å²) in [6, 6.07) is 0. The second-order valence-corrected chi connectivity index (χ2v) is 6.49.